The van der Waals surface area contributed by atoms with Crippen molar-refractivity contribution in [2.45, 2.75) is 32.6 Å². The summed E-state index contributed by atoms with van der Waals surface area (Å²) in [5.74, 6) is 0.767. The van der Waals surface area contributed by atoms with Crippen LogP contribution < -0.4 is 5.43 Å². The maximum absolute atomic E-state index is 12.4. The highest BCUT2D eigenvalue weighted by molar-refractivity contribution is 7.18. The topological polar surface area (TPSA) is 17.1 Å². The largest absolute Gasteiger partial charge is 0.289 e. The van der Waals surface area contributed by atoms with Crippen LogP contribution >= 0.6 is 11.3 Å². The number of fused-ring (bicyclic) bond motifs is 2. The van der Waals surface area contributed by atoms with E-state index >= 15 is 0 Å². The van der Waals surface area contributed by atoms with Gasteiger partial charge in [-0.1, -0.05) is 19.4 Å². The third kappa shape index (κ3) is 1.81. The van der Waals surface area contributed by atoms with Crippen LogP contribution in [0.25, 0.3) is 10.1 Å². The van der Waals surface area contributed by atoms with Gasteiger partial charge in [0.15, 0.2) is 5.43 Å². The highest BCUT2D eigenvalue weighted by atomic mass is 32.1. The molecule has 0 bridgehead atoms. The molecule has 0 saturated carbocycles. The second-order valence-corrected chi connectivity index (χ2v) is 5.91. The number of benzene rings is 1. The third-order valence-corrected chi connectivity index (χ3v) is 4.99. The summed E-state index contributed by atoms with van der Waals surface area (Å²) in [6.45, 7) is 2.24. The quantitative estimate of drug-likeness (QED) is 0.748. The first-order valence-electron chi connectivity index (χ1n) is 6.24. The van der Waals surface area contributed by atoms with Gasteiger partial charge in [0.2, 0.25) is 0 Å². The summed E-state index contributed by atoms with van der Waals surface area (Å²) in [5, 5.41) is 0.877. The van der Waals surface area contributed by atoms with Crippen molar-refractivity contribution < 1.29 is 0 Å². The Morgan fingerprint density at radius 3 is 3.24 bits per heavy atom. The van der Waals surface area contributed by atoms with Gasteiger partial charge in [-0.2, -0.15) is 0 Å². The van der Waals surface area contributed by atoms with Gasteiger partial charge in [0, 0.05) is 20.5 Å². The minimum Gasteiger partial charge on any atom is -0.289 e. The minimum atomic E-state index is 0.261. The molecule has 1 aliphatic carbocycles. The maximum Gasteiger partial charge on any atom is 0.191 e. The van der Waals surface area contributed by atoms with Gasteiger partial charge in [0.05, 0.1) is 0 Å². The first-order chi connectivity index (χ1) is 8.29. The molecule has 2 aromatic rings. The highest BCUT2D eigenvalue weighted by Crippen LogP contribution is 2.31. The zero-order chi connectivity index (χ0) is 11.8. The van der Waals surface area contributed by atoms with E-state index in [1.165, 1.54) is 17.7 Å². The van der Waals surface area contributed by atoms with Crippen LogP contribution in [0.15, 0.2) is 23.0 Å². The fraction of sp³-hybridized carbons (Fsp3) is 0.400. The molecule has 0 aliphatic heterocycles. The van der Waals surface area contributed by atoms with E-state index in [1.54, 1.807) is 11.3 Å². The van der Waals surface area contributed by atoms with Crippen molar-refractivity contribution in [1.82, 2.24) is 0 Å². The van der Waals surface area contributed by atoms with E-state index in [9.17, 15) is 4.79 Å². The van der Waals surface area contributed by atoms with E-state index in [-0.39, 0.29) is 5.43 Å². The van der Waals surface area contributed by atoms with Crippen LogP contribution in [-0.2, 0) is 12.8 Å². The second kappa shape index (κ2) is 4.26. The van der Waals surface area contributed by atoms with Crippen molar-refractivity contribution in [1.29, 1.82) is 0 Å². The summed E-state index contributed by atoms with van der Waals surface area (Å²) in [5.41, 5.74) is 1.34. The molecule has 1 unspecified atom stereocenters. The van der Waals surface area contributed by atoms with Crippen LogP contribution in [0.3, 0.4) is 0 Å². The summed E-state index contributed by atoms with van der Waals surface area (Å²) < 4.78 is 1.09. The first-order valence-corrected chi connectivity index (χ1v) is 7.06. The molecule has 1 heterocycles. The van der Waals surface area contributed by atoms with Crippen molar-refractivity contribution >= 4 is 21.4 Å². The Morgan fingerprint density at radius 1 is 1.53 bits per heavy atom. The smallest absolute Gasteiger partial charge is 0.191 e. The van der Waals surface area contributed by atoms with E-state index in [4.69, 9.17) is 0 Å². The average molecular weight is 243 g/mol. The molecular weight excluding hydrogens is 228 g/mol. The Hall–Kier alpha value is -1.15. The zero-order valence-electron chi connectivity index (χ0n) is 9.95. The molecule has 0 saturated heterocycles. The van der Waals surface area contributed by atoms with E-state index in [0.717, 1.165) is 34.4 Å². The molecule has 1 aromatic heterocycles. The van der Waals surface area contributed by atoms with Gasteiger partial charge < -0.3 is 0 Å². The lowest BCUT2D eigenvalue weighted by Gasteiger charge is -2.22. The number of rotatable bonds is 1. The Kier molecular flexibility index (Phi) is 2.75. The van der Waals surface area contributed by atoms with E-state index in [2.05, 4.69) is 13.0 Å². The summed E-state index contributed by atoms with van der Waals surface area (Å²) in [4.78, 5) is 13.7. The molecular formula is C15H15OS. The molecule has 0 amide bonds. The van der Waals surface area contributed by atoms with Crippen LogP contribution in [0.1, 0.15) is 30.2 Å². The molecule has 1 nitrogen and oxygen atoms in total. The van der Waals surface area contributed by atoms with Crippen LogP contribution in [0.4, 0.5) is 0 Å². The second-order valence-electron chi connectivity index (χ2n) is 4.77. The molecule has 3 rings (SSSR count). The molecule has 0 N–H and O–H groups in total. The maximum atomic E-state index is 12.4. The van der Waals surface area contributed by atoms with Gasteiger partial charge in [0.25, 0.3) is 0 Å². The predicted molar refractivity (Wildman–Crippen MR) is 72.7 cm³/mol. The lowest BCUT2D eigenvalue weighted by Crippen LogP contribution is -2.20. The lowest BCUT2D eigenvalue weighted by atomic mass is 9.87. The minimum absolute atomic E-state index is 0.261. The lowest BCUT2D eigenvalue weighted by molar-refractivity contribution is 0.448. The SMILES string of the molecule is CCC1CCc2c(sc3c[c]ccc3c2=O)C1. The van der Waals surface area contributed by atoms with Crippen LogP contribution in [-0.4, -0.2) is 0 Å². The molecule has 0 spiro atoms. The molecule has 2 heteroatoms. The van der Waals surface area contributed by atoms with Crippen LogP contribution in [0.5, 0.6) is 0 Å². The third-order valence-electron chi connectivity index (χ3n) is 3.77. The fourth-order valence-corrected chi connectivity index (χ4v) is 3.95. The van der Waals surface area contributed by atoms with Gasteiger partial charge in [-0.25, -0.2) is 0 Å². The normalized spacial score (nSPS) is 19.2. The summed E-state index contributed by atoms with van der Waals surface area (Å²) in [6.07, 6.45) is 4.46. The highest BCUT2D eigenvalue weighted by Gasteiger charge is 2.21. The standard InChI is InChI=1S/C15H15OS/c1-2-10-7-8-12-14(9-10)17-13-6-4-3-5-11(13)15(12)16/h3,5-6,10H,2,7-9H2,1H3. The Balaban J connectivity index is 2.22. The van der Waals surface area contributed by atoms with Crippen molar-refractivity contribution in [3.63, 3.8) is 0 Å². The molecule has 1 atom stereocenters. The van der Waals surface area contributed by atoms with E-state index in [0.29, 0.717) is 0 Å². The Labute approximate surface area is 105 Å². The van der Waals surface area contributed by atoms with Gasteiger partial charge in [0.1, 0.15) is 0 Å². The number of hydrogen-bond acceptors (Lipinski definition) is 2. The Bertz CT molecular complexity index is 612. The van der Waals surface area contributed by atoms with E-state index in [1.807, 2.05) is 18.2 Å². The molecule has 0 fully saturated rings. The molecule has 17 heavy (non-hydrogen) atoms. The Morgan fingerprint density at radius 2 is 2.41 bits per heavy atom. The predicted octanol–water partition coefficient (Wildman–Crippen LogP) is 3.58. The van der Waals surface area contributed by atoms with E-state index < -0.39 is 0 Å². The zero-order valence-corrected chi connectivity index (χ0v) is 10.8. The van der Waals surface area contributed by atoms with Gasteiger partial charge in [-0.05, 0) is 43.4 Å². The van der Waals surface area contributed by atoms with Gasteiger partial charge in [-0.3, -0.25) is 4.79 Å². The van der Waals surface area contributed by atoms with Crippen molar-refractivity contribution in [2.24, 2.45) is 5.92 Å². The summed E-state index contributed by atoms with van der Waals surface area (Å²) in [6, 6.07) is 8.74. The fourth-order valence-electron chi connectivity index (χ4n) is 2.65. The van der Waals surface area contributed by atoms with Crippen molar-refractivity contribution in [3.8, 4) is 0 Å². The van der Waals surface area contributed by atoms with Crippen LogP contribution in [0, 0.1) is 12.0 Å². The summed E-state index contributed by atoms with van der Waals surface area (Å²) in [7, 11) is 0. The van der Waals surface area contributed by atoms with Crippen molar-refractivity contribution in [2.75, 3.05) is 0 Å². The van der Waals surface area contributed by atoms with Gasteiger partial charge >= 0.3 is 0 Å². The van der Waals surface area contributed by atoms with Crippen molar-refractivity contribution in [3.05, 3.63) is 44.9 Å². The molecule has 1 radical (unpaired) electrons. The van der Waals surface area contributed by atoms with Crippen LogP contribution in [0.2, 0.25) is 0 Å². The van der Waals surface area contributed by atoms with Gasteiger partial charge in [-0.15, -0.1) is 11.3 Å². The molecule has 1 aliphatic rings. The molecule has 1 aromatic carbocycles. The summed E-state index contributed by atoms with van der Waals surface area (Å²) >= 11 is 1.79. The monoisotopic (exact) mass is 243 g/mol. The average Bonchev–Trinajstić information content (AvgIpc) is 2.38. The first kappa shape index (κ1) is 11.0. The number of hydrogen-bond donors (Lipinski definition) is 0. The molecule has 87 valence electrons.